The lowest BCUT2D eigenvalue weighted by Gasteiger charge is -2.23. The van der Waals surface area contributed by atoms with Crippen molar-refractivity contribution in [2.45, 2.75) is 64.3 Å². The van der Waals surface area contributed by atoms with Crippen LogP contribution in [0.15, 0.2) is 0 Å². The summed E-state index contributed by atoms with van der Waals surface area (Å²) in [5.74, 6) is 0. The van der Waals surface area contributed by atoms with Crippen LogP contribution in [0.3, 0.4) is 0 Å². The van der Waals surface area contributed by atoms with Crippen molar-refractivity contribution >= 4 is 15.7 Å². The van der Waals surface area contributed by atoms with E-state index >= 15 is 0 Å². The van der Waals surface area contributed by atoms with Gasteiger partial charge in [0.15, 0.2) is 0 Å². The Morgan fingerprint density at radius 1 is 1.35 bits per heavy atom. The molecule has 1 aliphatic rings. The number of phosphoric acid groups is 1. The predicted molar refractivity (Wildman–Crippen MR) is 71.3 cm³/mol. The van der Waals surface area contributed by atoms with Gasteiger partial charge in [0.25, 0.3) is 0 Å². The molecule has 1 N–H and O–H groups in total. The van der Waals surface area contributed by atoms with Gasteiger partial charge in [0.1, 0.15) is 26.2 Å². The first-order valence-corrected chi connectivity index (χ1v) is 7.98. The van der Waals surface area contributed by atoms with Crippen LogP contribution >= 0.6 is 7.82 Å². The van der Waals surface area contributed by atoms with Gasteiger partial charge in [-0.1, -0.05) is 0 Å². The molecule has 116 valence electrons. The molecule has 0 aromatic rings. The molecule has 1 rings (SSSR count). The molecule has 2 radical (unpaired) electrons. The summed E-state index contributed by atoms with van der Waals surface area (Å²) in [4.78, 5) is 9.55. The van der Waals surface area contributed by atoms with Gasteiger partial charge in [-0.2, -0.15) is 0 Å². The summed E-state index contributed by atoms with van der Waals surface area (Å²) >= 11 is 0. The van der Waals surface area contributed by atoms with Gasteiger partial charge in [0, 0.05) is 0 Å². The zero-order chi connectivity index (χ0) is 15.5. The zero-order valence-electron chi connectivity index (χ0n) is 12.1. The molecular weight excluding hydrogens is 289 g/mol. The molecular formula is C11H21BFO6P. The van der Waals surface area contributed by atoms with Crippen LogP contribution in [0.25, 0.3) is 0 Å². The van der Waals surface area contributed by atoms with Crippen molar-refractivity contribution in [3.8, 4) is 0 Å². The number of rotatable bonds is 7. The van der Waals surface area contributed by atoms with E-state index in [0.717, 1.165) is 0 Å². The fraction of sp³-hybridized carbons (Fsp3) is 1.00. The molecule has 0 saturated carbocycles. The molecule has 5 atom stereocenters. The Kier molecular flexibility index (Phi) is 6.63. The van der Waals surface area contributed by atoms with Crippen LogP contribution in [0.5, 0.6) is 0 Å². The molecule has 1 heterocycles. The molecule has 0 aliphatic carbocycles. The SMILES string of the molecule is [B][C@@H]1O[C@H](COC(C)C)C(OP(=O)(O)OC(C)C)[C@@H]1F. The van der Waals surface area contributed by atoms with Crippen LogP contribution in [0.1, 0.15) is 27.7 Å². The van der Waals surface area contributed by atoms with Gasteiger partial charge in [-0.15, -0.1) is 0 Å². The second-order valence-corrected chi connectivity index (χ2v) is 6.52. The van der Waals surface area contributed by atoms with Crippen molar-refractivity contribution in [2.75, 3.05) is 6.61 Å². The maximum atomic E-state index is 13.9. The summed E-state index contributed by atoms with van der Waals surface area (Å²) in [6, 6.07) is -1.22. The summed E-state index contributed by atoms with van der Waals surface area (Å²) in [5, 5.41) is 0. The number of phosphoric ester groups is 1. The molecule has 20 heavy (non-hydrogen) atoms. The minimum absolute atomic E-state index is 0.0120. The average molecular weight is 310 g/mol. The lowest BCUT2D eigenvalue weighted by molar-refractivity contribution is -0.0493. The fourth-order valence-corrected chi connectivity index (χ4v) is 2.88. The molecule has 0 aromatic heterocycles. The summed E-state index contributed by atoms with van der Waals surface area (Å²) in [5.41, 5.74) is 0. The molecule has 6 nitrogen and oxygen atoms in total. The van der Waals surface area contributed by atoms with E-state index in [9.17, 15) is 13.8 Å². The first-order valence-electron chi connectivity index (χ1n) is 6.48. The van der Waals surface area contributed by atoms with Crippen molar-refractivity contribution < 1.29 is 32.4 Å². The van der Waals surface area contributed by atoms with E-state index in [-0.39, 0.29) is 12.7 Å². The standard InChI is InChI=1S/C11H21BFO6P/c1-6(2)16-5-8-10(9(13)11(12)17-8)19-20(14,15)18-7(3)4/h6-11H,5H2,1-4H3,(H,14,15)/t8-,9+,10?,11-/m1/s1. The number of ether oxygens (including phenoxy) is 2. The molecule has 1 aliphatic heterocycles. The van der Waals surface area contributed by atoms with Gasteiger partial charge in [-0.05, 0) is 27.7 Å². The molecule has 0 bridgehead atoms. The van der Waals surface area contributed by atoms with E-state index in [1.807, 2.05) is 0 Å². The first-order chi connectivity index (χ1) is 9.12. The van der Waals surface area contributed by atoms with Crippen LogP contribution < -0.4 is 0 Å². The summed E-state index contributed by atoms with van der Waals surface area (Å²) in [7, 11) is 1.06. The molecule has 1 saturated heterocycles. The van der Waals surface area contributed by atoms with Crippen molar-refractivity contribution in [2.24, 2.45) is 0 Å². The van der Waals surface area contributed by atoms with E-state index in [1.165, 1.54) is 0 Å². The molecule has 2 unspecified atom stereocenters. The lowest BCUT2D eigenvalue weighted by atomic mass is 9.94. The van der Waals surface area contributed by atoms with E-state index in [0.29, 0.717) is 0 Å². The van der Waals surface area contributed by atoms with Crippen molar-refractivity contribution in [1.29, 1.82) is 0 Å². The fourth-order valence-electron chi connectivity index (χ4n) is 1.74. The normalized spacial score (nSPS) is 33.8. The Labute approximate surface area is 119 Å². The minimum Gasteiger partial charge on any atom is -0.376 e. The maximum Gasteiger partial charge on any atom is 0.472 e. The Hall–Kier alpha value is 0.0249. The van der Waals surface area contributed by atoms with Crippen LogP contribution in [0.4, 0.5) is 4.39 Å². The van der Waals surface area contributed by atoms with E-state index in [2.05, 4.69) is 0 Å². The third-order valence-corrected chi connectivity index (χ3v) is 3.72. The maximum absolute atomic E-state index is 13.9. The largest absolute Gasteiger partial charge is 0.472 e. The molecule has 9 heteroatoms. The van der Waals surface area contributed by atoms with Crippen LogP contribution in [-0.2, 0) is 23.1 Å². The third-order valence-electron chi connectivity index (χ3n) is 2.52. The molecule has 0 spiro atoms. The second-order valence-electron chi connectivity index (χ2n) is 5.16. The highest BCUT2D eigenvalue weighted by Crippen LogP contribution is 2.48. The van der Waals surface area contributed by atoms with E-state index in [4.69, 9.17) is 26.4 Å². The number of hydrogen-bond acceptors (Lipinski definition) is 5. The quantitative estimate of drug-likeness (QED) is 0.568. The van der Waals surface area contributed by atoms with Gasteiger partial charge in [0.2, 0.25) is 0 Å². The average Bonchev–Trinajstić information content (AvgIpc) is 2.52. The Bertz CT molecular complexity index is 356. The second kappa shape index (κ2) is 7.34. The van der Waals surface area contributed by atoms with Crippen LogP contribution in [-0.4, -0.2) is 55.9 Å². The smallest absolute Gasteiger partial charge is 0.376 e. The minimum atomic E-state index is -4.38. The van der Waals surface area contributed by atoms with Gasteiger partial charge < -0.3 is 14.4 Å². The highest BCUT2D eigenvalue weighted by atomic mass is 31.2. The first kappa shape index (κ1) is 18.1. The number of hydrogen-bond donors (Lipinski definition) is 1. The van der Waals surface area contributed by atoms with Crippen LogP contribution in [0, 0.1) is 0 Å². The summed E-state index contributed by atoms with van der Waals surface area (Å²) < 4.78 is 45.7. The Balaban J connectivity index is 2.69. The van der Waals surface area contributed by atoms with Gasteiger partial charge >= 0.3 is 7.82 Å². The Morgan fingerprint density at radius 2 is 1.95 bits per heavy atom. The number of alkyl halides is 1. The van der Waals surface area contributed by atoms with E-state index < -0.39 is 38.3 Å². The lowest BCUT2D eigenvalue weighted by Crippen LogP contribution is -2.35. The molecule has 0 aromatic carbocycles. The number of halogens is 1. The highest BCUT2D eigenvalue weighted by Gasteiger charge is 2.47. The summed E-state index contributed by atoms with van der Waals surface area (Å²) in [6.07, 6.45) is -4.53. The monoisotopic (exact) mass is 310 g/mol. The van der Waals surface area contributed by atoms with E-state index in [1.54, 1.807) is 27.7 Å². The Morgan fingerprint density at radius 3 is 2.45 bits per heavy atom. The molecule has 0 amide bonds. The predicted octanol–water partition coefficient (Wildman–Crippen LogP) is 1.55. The summed E-state index contributed by atoms with van der Waals surface area (Å²) in [6.45, 7) is 6.75. The van der Waals surface area contributed by atoms with Gasteiger partial charge in [-0.25, -0.2) is 8.96 Å². The molecule has 1 fully saturated rings. The zero-order valence-corrected chi connectivity index (χ0v) is 13.0. The van der Waals surface area contributed by atoms with Gasteiger partial charge in [-0.3, -0.25) is 9.05 Å². The van der Waals surface area contributed by atoms with Crippen molar-refractivity contribution in [1.82, 2.24) is 0 Å². The third kappa shape index (κ3) is 5.43. The van der Waals surface area contributed by atoms with Crippen molar-refractivity contribution in [3.05, 3.63) is 0 Å². The van der Waals surface area contributed by atoms with Gasteiger partial charge in [0.05, 0.1) is 24.8 Å². The van der Waals surface area contributed by atoms with Crippen LogP contribution in [0.2, 0.25) is 0 Å². The van der Waals surface area contributed by atoms with Crippen molar-refractivity contribution in [3.63, 3.8) is 0 Å². The highest BCUT2D eigenvalue weighted by molar-refractivity contribution is 7.47. The topological polar surface area (TPSA) is 74.2 Å².